The Hall–Kier alpha value is -2.45. The number of aromatic nitrogens is 1. The Morgan fingerprint density at radius 2 is 2.25 bits per heavy atom. The summed E-state index contributed by atoms with van der Waals surface area (Å²) in [7, 11) is 0. The van der Waals surface area contributed by atoms with Gasteiger partial charge >= 0.3 is 0 Å². The van der Waals surface area contributed by atoms with Crippen molar-refractivity contribution in [3.8, 4) is 6.07 Å². The van der Waals surface area contributed by atoms with E-state index in [0.717, 1.165) is 6.07 Å². The Morgan fingerprint density at radius 1 is 1.45 bits per heavy atom. The average Bonchev–Trinajstić information content (AvgIpc) is 2.46. The lowest BCUT2D eigenvalue weighted by Gasteiger charge is -2.07. The van der Waals surface area contributed by atoms with Gasteiger partial charge in [-0.25, -0.2) is 4.39 Å². The lowest BCUT2D eigenvalue weighted by molar-refractivity contribution is 0.0950. The van der Waals surface area contributed by atoms with Gasteiger partial charge in [0.05, 0.1) is 22.2 Å². The Morgan fingerprint density at radius 3 is 2.90 bits per heavy atom. The van der Waals surface area contributed by atoms with Crippen LogP contribution in [0.2, 0.25) is 5.02 Å². The zero-order valence-electron chi connectivity index (χ0n) is 10.2. The van der Waals surface area contributed by atoms with E-state index in [-0.39, 0.29) is 22.7 Å². The minimum absolute atomic E-state index is 0.00896. The molecule has 0 fully saturated rings. The number of rotatable bonds is 3. The smallest absolute Gasteiger partial charge is 0.253 e. The summed E-state index contributed by atoms with van der Waals surface area (Å²) in [5.74, 6) is -0.952. The third kappa shape index (κ3) is 3.11. The molecule has 20 heavy (non-hydrogen) atoms. The molecule has 1 amide bonds. The lowest BCUT2D eigenvalue weighted by atomic mass is 10.1. The Kier molecular flexibility index (Phi) is 4.28. The maximum atomic E-state index is 13.6. The van der Waals surface area contributed by atoms with E-state index in [4.69, 9.17) is 16.9 Å². The minimum atomic E-state index is -0.537. The van der Waals surface area contributed by atoms with Crippen molar-refractivity contribution < 1.29 is 9.18 Å². The highest BCUT2D eigenvalue weighted by atomic mass is 35.5. The Labute approximate surface area is 119 Å². The van der Waals surface area contributed by atoms with Crippen molar-refractivity contribution in [2.75, 3.05) is 0 Å². The predicted molar refractivity (Wildman–Crippen MR) is 71.5 cm³/mol. The van der Waals surface area contributed by atoms with E-state index >= 15 is 0 Å². The van der Waals surface area contributed by atoms with Gasteiger partial charge in [0.15, 0.2) is 0 Å². The van der Waals surface area contributed by atoms with Gasteiger partial charge in [0.25, 0.3) is 5.91 Å². The topological polar surface area (TPSA) is 65.8 Å². The second-order valence-electron chi connectivity index (χ2n) is 3.96. The summed E-state index contributed by atoms with van der Waals surface area (Å²) in [5.41, 5.74) is 0.799. The molecule has 2 rings (SSSR count). The van der Waals surface area contributed by atoms with Gasteiger partial charge < -0.3 is 5.32 Å². The van der Waals surface area contributed by atoms with Gasteiger partial charge in [-0.15, -0.1) is 0 Å². The average molecular weight is 290 g/mol. The van der Waals surface area contributed by atoms with Crippen LogP contribution in [-0.4, -0.2) is 10.9 Å². The van der Waals surface area contributed by atoms with E-state index in [9.17, 15) is 9.18 Å². The van der Waals surface area contributed by atoms with Crippen molar-refractivity contribution in [2.24, 2.45) is 0 Å². The standard InChI is InChI=1S/C14H9ClFN3O/c15-12-8-18-4-3-11(12)14(20)19-7-10-2-1-9(6-17)5-13(10)16/h1-5,8H,7H2,(H,19,20). The number of amides is 1. The number of pyridine rings is 1. The van der Waals surface area contributed by atoms with E-state index in [1.165, 1.54) is 30.6 Å². The number of hydrogen-bond donors (Lipinski definition) is 1. The minimum Gasteiger partial charge on any atom is -0.348 e. The van der Waals surface area contributed by atoms with Crippen LogP contribution in [0.15, 0.2) is 36.7 Å². The zero-order chi connectivity index (χ0) is 14.5. The van der Waals surface area contributed by atoms with Gasteiger partial charge in [-0.3, -0.25) is 9.78 Å². The number of nitrogens with zero attached hydrogens (tertiary/aromatic N) is 2. The van der Waals surface area contributed by atoms with E-state index in [0.29, 0.717) is 5.56 Å². The molecule has 0 aliphatic carbocycles. The summed E-state index contributed by atoms with van der Waals surface area (Å²) in [6.07, 6.45) is 2.81. The first-order valence-electron chi connectivity index (χ1n) is 5.68. The fourth-order valence-electron chi connectivity index (χ4n) is 1.59. The van der Waals surface area contributed by atoms with Crippen molar-refractivity contribution in [3.05, 3.63) is 64.2 Å². The summed E-state index contributed by atoms with van der Waals surface area (Å²) in [6, 6.07) is 7.40. The first-order valence-corrected chi connectivity index (χ1v) is 6.06. The SMILES string of the molecule is N#Cc1ccc(CNC(=O)c2ccncc2Cl)c(F)c1. The maximum Gasteiger partial charge on any atom is 0.253 e. The molecule has 0 bridgehead atoms. The largest absolute Gasteiger partial charge is 0.348 e. The van der Waals surface area contributed by atoms with Crippen LogP contribution in [0.1, 0.15) is 21.5 Å². The van der Waals surface area contributed by atoms with Crippen molar-refractivity contribution in [1.29, 1.82) is 5.26 Å². The van der Waals surface area contributed by atoms with E-state index in [1.54, 1.807) is 0 Å². The van der Waals surface area contributed by atoms with E-state index in [1.807, 2.05) is 6.07 Å². The molecule has 6 heteroatoms. The van der Waals surface area contributed by atoms with Crippen LogP contribution in [0.5, 0.6) is 0 Å². The zero-order valence-corrected chi connectivity index (χ0v) is 11.0. The fourth-order valence-corrected chi connectivity index (χ4v) is 1.80. The third-order valence-electron chi connectivity index (χ3n) is 2.64. The molecule has 1 aromatic heterocycles. The van der Waals surface area contributed by atoms with Crippen LogP contribution in [0.4, 0.5) is 4.39 Å². The summed E-state index contributed by atoms with van der Waals surface area (Å²) in [6.45, 7) is 0.00896. The molecular weight excluding hydrogens is 281 g/mol. The molecule has 1 aromatic carbocycles. The Balaban J connectivity index is 2.08. The first kappa shape index (κ1) is 14.0. The molecule has 1 N–H and O–H groups in total. The number of nitriles is 1. The molecule has 0 unspecified atom stereocenters. The maximum absolute atomic E-state index is 13.6. The first-order chi connectivity index (χ1) is 9.61. The summed E-state index contributed by atoms with van der Waals surface area (Å²) < 4.78 is 13.6. The highest BCUT2D eigenvalue weighted by Gasteiger charge is 2.11. The van der Waals surface area contributed by atoms with Crippen LogP contribution in [0.25, 0.3) is 0 Å². The predicted octanol–water partition coefficient (Wildman–Crippen LogP) is 2.68. The monoisotopic (exact) mass is 289 g/mol. The van der Waals surface area contributed by atoms with Gasteiger partial charge in [0.2, 0.25) is 0 Å². The summed E-state index contributed by atoms with van der Waals surface area (Å²) in [5, 5.41) is 11.4. The molecule has 0 spiro atoms. The number of carbonyl (C=O) groups is 1. The normalized spacial score (nSPS) is 9.85. The molecule has 0 saturated carbocycles. The molecule has 0 saturated heterocycles. The van der Waals surface area contributed by atoms with E-state index < -0.39 is 11.7 Å². The summed E-state index contributed by atoms with van der Waals surface area (Å²) >= 11 is 5.84. The molecule has 2 aromatic rings. The van der Waals surface area contributed by atoms with Crippen LogP contribution < -0.4 is 5.32 Å². The van der Waals surface area contributed by atoms with Gasteiger partial charge in [-0.05, 0) is 18.2 Å². The molecule has 0 aliphatic rings. The van der Waals surface area contributed by atoms with Gasteiger partial charge in [0, 0.05) is 24.5 Å². The highest BCUT2D eigenvalue weighted by molar-refractivity contribution is 6.33. The number of halogens is 2. The van der Waals surface area contributed by atoms with Crippen molar-refractivity contribution >= 4 is 17.5 Å². The molecule has 0 atom stereocenters. The number of carbonyl (C=O) groups excluding carboxylic acids is 1. The van der Waals surface area contributed by atoms with Crippen molar-refractivity contribution in [2.45, 2.75) is 6.54 Å². The van der Waals surface area contributed by atoms with Crippen molar-refractivity contribution in [1.82, 2.24) is 10.3 Å². The van der Waals surface area contributed by atoms with E-state index in [2.05, 4.69) is 10.3 Å². The summed E-state index contributed by atoms with van der Waals surface area (Å²) in [4.78, 5) is 15.7. The second-order valence-corrected chi connectivity index (χ2v) is 4.36. The fraction of sp³-hybridized carbons (Fsp3) is 0.0714. The van der Waals surface area contributed by atoms with Gasteiger partial charge in [-0.1, -0.05) is 17.7 Å². The number of hydrogen-bond acceptors (Lipinski definition) is 3. The van der Waals surface area contributed by atoms with Gasteiger partial charge in [-0.2, -0.15) is 5.26 Å². The molecule has 100 valence electrons. The van der Waals surface area contributed by atoms with Crippen LogP contribution in [0, 0.1) is 17.1 Å². The lowest BCUT2D eigenvalue weighted by Crippen LogP contribution is -2.23. The molecule has 0 radical (unpaired) electrons. The van der Waals surface area contributed by atoms with Crippen LogP contribution in [-0.2, 0) is 6.54 Å². The second kappa shape index (κ2) is 6.13. The molecule has 4 nitrogen and oxygen atoms in total. The molecular formula is C14H9ClFN3O. The van der Waals surface area contributed by atoms with Crippen LogP contribution >= 0.6 is 11.6 Å². The third-order valence-corrected chi connectivity index (χ3v) is 2.94. The highest BCUT2D eigenvalue weighted by Crippen LogP contribution is 2.14. The quantitative estimate of drug-likeness (QED) is 0.944. The number of benzene rings is 1. The van der Waals surface area contributed by atoms with Crippen molar-refractivity contribution in [3.63, 3.8) is 0 Å². The Bertz CT molecular complexity index is 697. The molecule has 0 aliphatic heterocycles. The number of nitrogens with one attached hydrogen (secondary N) is 1. The molecule has 1 heterocycles. The van der Waals surface area contributed by atoms with Gasteiger partial charge in [0.1, 0.15) is 5.82 Å². The van der Waals surface area contributed by atoms with Crippen LogP contribution in [0.3, 0.4) is 0 Å².